The Hall–Kier alpha value is -1.94. The molecule has 7 heteroatoms. The molecule has 1 saturated heterocycles. The Bertz CT molecular complexity index is 416. The normalized spacial score (nSPS) is 15.8. The van der Waals surface area contributed by atoms with Gasteiger partial charge >= 0.3 is 0 Å². The summed E-state index contributed by atoms with van der Waals surface area (Å²) in [6.07, 6.45) is 1.39. The van der Waals surface area contributed by atoms with Gasteiger partial charge in [0.05, 0.1) is 13.2 Å². The average Bonchev–Trinajstić information content (AvgIpc) is 2.77. The van der Waals surface area contributed by atoms with E-state index in [0.717, 1.165) is 0 Å². The van der Waals surface area contributed by atoms with Crippen molar-refractivity contribution in [3.8, 4) is 6.07 Å². The summed E-state index contributed by atoms with van der Waals surface area (Å²) in [5, 5.41) is 15.9. The fourth-order valence-electron chi connectivity index (χ4n) is 1.52. The van der Waals surface area contributed by atoms with E-state index in [1.165, 1.54) is 10.9 Å². The summed E-state index contributed by atoms with van der Waals surface area (Å²) < 4.78 is 6.59. The van der Waals surface area contributed by atoms with E-state index in [-0.39, 0.29) is 18.3 Å². The number of hydrogen-bond donors (Lipinski definition) is 0. The minimum Gasteiger partial charge on any atom is -0.378 e. The molecule has 1 aromatic rings. The predicted octanol–water partition coefficient (Wildman–Crippen LogP) is -0.991. The van der Waals surface area contributed by atoms with Gasteiger partial charge in [-0.25, -0.2) is 0 Å². The van der Waals surface area contributed by atoms with Crippen molar-refractivity contribution >= 4 is 5.91 Å². The fraction of sp³-hybridized carbons (Fsp3) is 0.556. The topological polar surface area (TPSA) is 84.0 Å². The zero-order valence-corrected chi connectivity index (χ0v) is 8.67. The lowest BCUT2D eigenvalue weighted by atomic mass is 10.4. The summed E-state index contributed by atoms with van der Waals surface area (Å²) in [6.45, 7) is 2.44. The van der Waals surface area contributed by atoms with Crippen LogP contribution in [0.25, 0.3) is 0 Å². The van der Waals surface area contributed by atoms with Gasteiger partial charge in [-0.2, -0.15) is 5.26 Å². The highest BCUT2D eigenvalue weighted by Crippen LogP contribution is 2.01. The van der Waals surface area contributed by atoms with E-state index in [1.54, 1.807) is 4.90 Å². The largest absolute Gasteiger partial charge is 0.378 e. The molecule has 1 amide bonds. The summed E-state index contributed by atoms with van der Waals surface area (Å²) in [5.74, 6) is 0.112. The zero-order valence-electron chi connectivity index (χ0n) is 8.67. The van der Waals surface area contributed by atoms with Crippen LogP contribution in [0.15, 0.2) is 6.33 Å². The number of rotatable bonds is 2. The van der Waals surface area contributed by atoms with Crippen molar-refractivity contribution in [3.63, 3.8) is 0 Å². The van der Waals surface area contributed by atoms with Crippen LogP contribution in [0.4, 0.5) is 0 Å². The molecular weight excluding hydrogens is 210 g/mol. The monoisotopic (exact) mass is 221 g/mol. The number of nitrogens with zero attached hydrogens (tertiary/aromatic N) is 5. The van der Waals surface area contributed by atoms with E-state index in [4.69, 9.17) is 10.00 Å². The maximum atomic E-state index is 11.8. The molecular formula is C9H11N5O2. The molecule has 0 saturated carbocycles. The van der Waals surface area contributed by atoms with Crippen LogP contribution < -0.4 is 0 Å². The quantitative estimate of drug-likeness (QED) is 0.640. The van der Waals surface area contributed by atoms with Gasteiger partial charge in [0.1, 0.15) is 18.9 Å². The van der Waals surface area contributed by atoms with Gasteiger partial charge in [-0.3, -0.25) is 9.36 Å². The summed E-state index contributed by atoms with van der Waals surface area (Å²) in [5.41, 5.74) is 0. The number of carbonyl (C=O) groups is 1. The highest BCUT2D eigenvalue weighted by Gasteiger charge is 2.18. The first-order valence-corrected chi connectivity index (χ1v) is 4.94. The van der Waals surface area contributed by atoms with Gasteiger partial charge in [-0.05, 0) is 0 Å². The van der Waals surface area contributed by atoms with Crippen LogP contribution in [0.1, 0.15) is 5.82 Å². The van der Waals surface area contributed by atoms with E-state index in [1.807, 2.05) is 6.07 Å². The van der Waals surface area contributed by atoms with E-state index in [2.05, 4.69) is 10.2 Å². The molecule has 0 radical (unpaired) electrons. The Morgan fingerprint density at radius 2 is 2.31 bits per heavy atom. The minimum absolute atomic E-state index is 0.0420. The van der Waals surface area contributed by atoms with Crippen molar-refractivity contribution in [2.24, 2.45) is 0 Å². The SMILES string of the molecule is N#Cc1nncn1CC(=O)N1CCOCC1. The molecule has 0 N–H and O–H groups in total. The van der Waals surface area contributed by atoms with Gasteiger partial charge in [-0.1, -0.05) is 0 Å². The fourth-order valence-corrected chi connectivity index (χ4v) is 1.52. The number of carbonyl (C=O) groups excluding carboxylic acids is 1. The molecule has 84 valence electrons. The number of nitriles is 1. The maximum Gasteiger partial charge on any atom is 0.242 e. The first-order valence-electron chi connectivity index (χ1n) is 4.94. The Morgan fingerprint density at radius 1 is 1.56 bits per heavy atom. The standard InChI is InChI=1S/C9H11N5O2/c10-5-8-12-11-7-14(8)6-9(15)13-1-3-16-4-2-13/h7H,1-4,6H2. The third-order valence-electron chi connectivity index (χ3n) is 2.38. The molecule has 1 aliphatic heterocycles. The third kappa shape index (κ3) is 2.17. The summed E-state index contributed by atoms with van der Waals surface area (Å²) in [6, 6.07) is 1.88. The van der Waals surface area contributed by atoms with Crippen LogP contribution in [-0.4, -0.2) is 51.9 Å². The second-order valence-corrected chi connectivity index (χ2v) is 3.39. The molecule has 0 aromatic carbocycles. The van der Waals surface area contributed by atoms with E-state index >= 15 is 0 Å². The van der Waals surface area contributed by atoms with Crippen molar-refractivity contribution in [1.29, 1.82) is 5.26 Å². The van der Waals surface area contributed by atoms with Crippen LogP contribution in [-0.2, 0) is 16.1 Å². The van der Waals surface area contributed by atoms with Gasteiger partial charge in [0.2, 0.25) is 11.7 Å². The number of aromatic nitrogens is 3. The number of morpholine rings is 1. The minimum atomic E-state index is -0.0420. The van der Waals surface area contributed by atoms with Gasteiger partial charge in [0.25, 0.3) is 0 Å². The van der Waals surface area contributed by atoms with Gasteiger partial charge in [-0.15, -0.1) is 10.2 Å². The highest BCUT2D eigenvalue weighted by atomic mass is 16.5. The second-order valence-electron chi connectivity index (χ2n) is 3.39. The smallest absolute Gasteiger partial charge is 0.242 e. The zero-order chi connectivity index (χ0) is 11.4. The van der Waals surface area contributed by atoms with E-state index in [0.29, 0.717) is 26.3 Å². The molecule has 1 aliphatic rings. The van der Waals surface area contributed by atoms with Crippen LogP contribution in [0, 0.1) is 11.3 Å². The van der Waals surface area contributed by atoms with Crippen molar-refractivity contribution in [3.05, 3.63) is 12.2 Å². The van der Waals surface area contributed by atoms with Crippen molar-refractivity contribution in [2.75, 3.05) is 26.3 Å². The first-order chi connectivity index (χ1) is 7.81. The first kappa shape index (κ1) is 10.6. The van der Waals surface area contributed by atoms with Gasteiger partial charge in [0.15, 0.2) is 0 Å². The Morgan fingerprint density at radius 3 is 3.00 bits per heavy atom. The van der Waals surface area contributed by atoms with Gasteiger partial charge in [0, 0.05) is 13.1 Å². The molecule has 1 fully saturated rings. The van der Waals surface area contributed by atoms with Crippen LogP contribution in [0.2, 0.25) is 0 Å². The molecule has 7 nitrogen and oxygen atoms in total. The van der Waals surface area contributed by atoms with Crippen molar-refractivity contribution in [2.45, 2.75) is 6.54 Å². The van der Waals surface area contributed by atoms with Crippen LogP contribution in [0.3, 0.4) is 0 Å². The molecule has 0 atom stereocenters. The van der Waals surface area contributed by atoms with E-state index < -0.39 is 0 Å². The summed E-state index contributed by atoms with van der Waals surface area (Å²) >= 11 is 0. The molecule has 2 rings (SSSR count). The molecule has 1 aromatic heterocycles. The molecule has 0 bridgehead atoms. The predicted molar refractivity (Wildman–Crippen MR) is 52.1 cm³/mol. The second kappa shape index (κ2) is 4.72. The Labute approximate surface area is 92.2 Å². The highest BCUT2D eigenvalue weighted by molar-refractivity contribution is 5.76. The lowest BCUT2D eigenvalue weighted by molar-refractivity contribution is -0.135. The molecule has 0 unspecified atom stereocenters. The number of amides is 1. The van der Waals surface area contributed by atoms with Crippen LogP contribution in [0.5, 0.6) is 0 Å². The number of ether oxygens (including phenoxy) is 1. The average molecular weight is 221 g/mol. The summed E-state index contributed by atoms with van der Waals surface area (Å²) in [7, 11) is 0. The third-order valence-corrected chi connectivity index (χ3v) is 2.38. The Balaban J connectivity index is 1.99. The molecule has 2 heterocycles. The lowest BCUT2D eigenvalue weighted by Gasteiger charge is -2.26. The Kier molecular flexibility index (Phi) is 3.12. The van der Waals surface area contributed by atoms with Crippen molar-refractivity contribution < 1.29 is 9.53 Å². The summed E-state index contributed by atoms with van der Waals surface area (Å²) in [4.78, 5) is 13.5. The molecule has 0 spiro atoms. The molecule has 0 aliphatic carbocycles. The maximum absolute atomic E-state index is 11.8. The van der Waals surface area contributed by atoms with Gasteiger partial charge < -0.3 is 9.64 Å². The van der Waals surface area contributed by atoms with E-state index in [9.17, 15) is 4.79 Å². The lowest BCUT2D eigenvalue weighted by Crippen LogP contribution is -2.42. The van der Waals surface area contributed by atoms with Crippen molar-refractivity contribution in [1.82, 2.24) is 19.7 Å². The molecule has 16 heavy (non-hydrogen) atoms. The number of hydrogen-bond acceptors (Lipinski definition) is 5. The van der Waals surface area contributed by atoms with Crippen LogP contribution >= 0.6 is 0 Å².